The summed E-state index contributed by atoms with van der Waals surface area (Å²) in [5.74, 6) is -5.17. The summed E-state index contributed by atoms with van der Waals surface area (Å²) in [4.78, 5) is 23.1. The molecule has 1 aromatic carbocycles. The lowest BCUT2D eigenvalue weighted by Gasteiger charge is -2.11. The molecule has 1 aliphatic rings. The number of thiophene rings is 1. The highest BCUT2D eigenvalue weighted by Crippen LogP contribution is 2.47. The molecule has 1 aromatic heterocycles. The fourth-order valence-electron chi connectivity index (χ4n) is 2.29. The number of ether oxygens (including phenoxy) is 1. The molecule has 0 saturated heterocycles. The van der Waals surface area contributed by atoms with E-state index in [2.05, 4.69) is 0 Å². The van der Waals surface area contributed by atoms with E-state index in [0.29, 0.717) is 17.4 Å². The SMILES string of the molecule is O=C1CCc2c1sc(NC(=O)C(F)(F)F)c2Oc1ccc(F)cc1F. The molecule has 4 nitrogen and oxygen atoms in total. The van der Waals surface area contributed by atoms with Gasteiger partial charge >= 0.3 is 12.1 Å². The van der Waals surface area contributed by atoms with Gasteiger partial charge in [0.15, 0.2) is 23.1 Å². The van der Waals surface area contributed by atoms with Gasteiger partial charge in [-0.05, 0) is 18.6 Å². The van der Waals surface area contributed by atoms with E-state index in [1.54, 1.807) is 5.32 Å². The first-order valence-electron chi connectivity index (χ1n) is 6.86. The zero-order chi connectivity index (χ0) is 18.4. The number of alkyl halides is 3. The second kappa shape index (κ2) is 6.10. The number of ketones is 1. The highest BCUT2D eigenvalue weighted by atomic mass is 32.1. The Bertz CT molecular complexity index is 875. The number of hydrogen-bond acceptors (Lipinski definition) is 4. The highest BCUT2D eigenvalue weighted by Gasteiger charge is 2.40. The standard InChI is InChI=1S/C15H8F5NO3S/c16-6-1-4-10(8(17)5-6)24-11-7-2-3-9(22)12(7)25-13(11)21-14(23)15(18,19)20/h1,4-5H,2-3H2,(H,21,23). The number of benzene rings is 1. The lowest BCUT2D eigenvalue weighted by molar-refractivity contribution is -0.167. The fourth-order valence-corrected chi connectivity index (χ4v) is 3.43. The first-order chi connectivity index (χ1) is 11.7. The zero-order valence-corrected chi connectivity index (χ0v) is 13.0. The van der Waals surface area contributed by atoms with Gasteiger partial charge in [0, 0.05) is 18.1 Å². The second-order valence-corrected chi connectivity index (χ2v) is 6.14. The van der Waals surface area contributed by atoms with E-state index in [1.165, 1.54) is 0 Å². The molecular formula is C15H8F5NO3S. The minimum absolute atomic E-state index is 0.136. The summed E-state index contributed by atoms with van der Waals surface area (Å²) in [6.07, 6.45) is -4.82. The van der Waals surface area contributed by atoms with Crippen LogP contribution in [0.3, 0.4) is 0 Å². The van der Waals surface area contributed by atoms with Crippen molar-refractivity contribution in [3.63, 3.8) is 0 Å². The van der Waals surface area contributed by atoms with E-state index in [0.717, 1.165) is 12.1 Å². The molecule has 0 spiro atoms. The van der Waals surface area contributed by atoms with Crippen LogP contribution < -0.4 is 10.1 Å². The molecule has 0 atom stereocenters. The Labute approximate surface area is 141 Å². The number of carbonyl (C=O) groups is 2. The maximum Gasteiger partial charge on any atom is 0.471 e. The van der Waals surface area contributed by atoms with E-state index < -0.39 is 29.5 Å². The number of fused-ring (bicyclic) bond motifs is 1. The molecule has 10 heteroatoms. The van der Waals surface area contributed by atoms with Crippen LogP contribution in [0.2, 0.25) is 0 Å². The maximum absolute atomic E-state index is 13.8. The van der Waals surface area contributed by atoms with Crippen molar-refractivity contribution < 1.29 is 36.3 Å². The minimum Gasteiger partial charge on any atom is -0.451 e. The van der Waals surface area contributed by atoms with Crippen LogP contribution in [0.25, 0.3) is 0 Å². The van der Waals surface area contributed by atoms with Crippen molar-refractivity contribution in [1.29, 1.82) is 0 Å². The van der Waals surface area contributed by atoms with Crippen LogP contribution in [0.15, 0.2) is 18.2 Å². The summed E-state index contributed by atoms with van der Waals surface area (Å²) in [6, 6.07) is 2.41. The zero-order valence-electron chi connectivity index (χ0n) is 12.2. The molecule has 1 N–H and O–H groups in total. The average Bonchev–Trinajstić information content (AvgIpc) is 3.02. The van der Waals surface area contributed by atoms with Crippen molar-refractivity contribution in [3.05, 3.63) is 40.3 Å². The Kier molecular flexibility index (Phi) is 4.23. The van der Waals surface area contributed by atoms with Gasteiger partial charge in [-0.2, -0.15) is 13.2 Å². The van der Waals surface area contributed by atoms with Gasteiger partial charge in [-0.25, -0.2) is 8.78 Å². The Morgan fingerprint density at radius 3 is 2.56 bits per heavy atom. The molecule has 1 heterocycles. The third kappa shape index (κ3) is 3.34. The predicted molar refractivity (Wildman–Crippen MR) is 78.1 cm³/mol. The lowest BCUT2D eigenvalue weighted by atomic mass is 10.2. The Hall–Kier alpha value is -2.49. The van der Waals surface area contributed by atoms with E-state index in [1.807, 2.05) is 0 Å². The lowest BCUT2D eigenvalue weighted by Crippen LogP contribution is -2.29. The Morgan fingerprint density at radius 1 is 1.20 bits per heavy atom. The summed E-state index contributed by atoms with van der Waals surface area (Å²) in [7, 11) is 0. The molecule has 132 valence electrons. The molecule has 3 rings (SSSR count). The van der Waals surface area contributed by atoms with Crippen molar-refractivity contribution in [2.75, 3.05) is 5.32 Å². The van der Waals surface area contributed by atoms with Crippen LogP contribution in [-0.2, 0) is 11.2 Å². The average molecular weight is 377 g/mol. The monoisotopic (exact) mass is 377 g/mol. The largest absolute Gasteiger partial charge is 0.471 e. The maximum atomic E-state index is 13.8. The van der Waals surface area contributed by atoms with Gasteiger partial charge < -0.3 is 10.1 Å². The highest BCUT2D eigenvalue weighted by molar-refractivity contribution is 7.19. The van der Waals surface area contributed by atoms with Gasteiger partial charge in [0.1, 0.15) is 10.8 Å². The molecule has 1 amide bonds. The number of halogens is 5. The van der Waals surface area contributed by atoms with Gasteiger partial charge in [0.05, 0.1) is 4.88 Å². The Morgan fingerprint density at radius 2 is 1.92 bits per heavy atom. The minimum atomic E-state index is -5.14. The van der Waals surface area contributed by atoms with Gasteiger partial charge in [0.2, 0.25) is 0 Å². The number of nitrogens with one attached hydrogen (secondary N) is 1. The van der Waals surface area contributed by atoms with Crippen molar-refractivity contribution >= 4 is 28.0 Å². The van der Waals surface area contributed by atoms with E-state index in [-0.39, 0.29) is 39.8 Å². The van der Waals surface area contributed by atoms with Crippen molar-refractivity contribution in [2.45, 2.75) is 19.0 Å². The van der Waals surface area contributed by atoms with Crippen LogP contribution in [0.1, 0.15) is 21.7 Å². The smallest absolute Gasteiger partial charge is 0.451 e. The molecule has 25 heavy (non-hydrogen) atoms. The molecule has 0 radical (unpaired) electrons. The van der Waals surface area contributed by atoms with Crippen molar-refractivity contribution in [2.24, 2.45) is 0 Å². The molecule has 0 aliphatic heterocycles. The van der Waals surface area contributed by atoms with Crippen LogP contribution in [0.5, 0.6) is 11.5 Å². The number of hydrogen-bond donors (Lipinski definition) is 1. The van der Waals surface area contributed by atoms with Gasteiger partial charge in [-0.3, -0.25) is 9.59 Å². The first kappa shape index (κ1) is 17.3. The summed E-state index contributed by atoms with van der Waals surface area (Å²) in [6.45, 7) is 0. The second-order valence-electron chi connectivity index (χ2n) is 5.12. The summed E-state index contributed by atoms with van der Waals surface area (Å²) in [5.41, 5.74) is 0.288. The van der Waals surface area contributed by atoms with Crippen LogP contribution in [0.4, 0.5) is 27.0 Å². The third-order valence-corrected chi connectivity index (χ3v) is 4.57. The third-order valence-electron chi connectivity index (χ3n) is 3.40. The number of carbonyl (C=O) groups excluding carboxylic acids is 2. The van der Waals surface area contributed by atoms with Gasteiger partial charge in [0.25, 0.3) is 0 Å². The topological polar surface area (TPSA) is 55.4 Å². The molecule has 0 fully saturated rings. The van der Waals surface area contributed by atoms with Crippen LogP contribution >= 0.6 is 11.3 Å². The van der Waals surface area contributed by atoms with Crippen LogP contribution in [0, 0.1) is 11.6 Å². The van der Waals surface area contributed by atoms with E-state index >= 15 is 0 Å². The molecule has 2 aromatic rings. The molecule has 1 aliphatic carbocycles. The predicted octanol–water partition coefficient (Wildman–Crippen LogP) is 4.45. The van der Waals surface area contributed by atoms with E-state index in [4.69, 9.17) is 4.74 Å². The first-order valence-corrected chi connectivity index (χ1v) is 7.68. The van der Waals surface area contributed by atoms with Crippen molar-refractivity contribution in [1.82, 2.24) is 0 Å². The molecule has 0 bridgehead atoms. The quantitative estimate of drug-likeness (QED) is 0.805. The molecule has 0 unspecified atom stereocenters. The van der Waals surface area contributed by atoms with Gasteiger partial charge in [-0.15, -0.1) is 11.3 Å². The summed E-state index contributed by atoms with van der Waals surface area (Å²) >= 11 is 0.626. The number of anilines is 1. The normalized spacial score (nSPS) is 13.7. The van der Waals surface area contributed by atoms with E-state index in [9.17, 15) is 31.5 Å². The number of amides is 1. The van der Waals surface area contributed by atoms with Gasteiger partial charge in [-0.1, -0.05) is 0 Å². The number of rotatable bonds is 3. The Balaban J connectivity index is 2.00. The summed E-state index contributed by atoms with van der Waals surface area (Å²) < 4.78 is 69.4. The molecule has 0 saturated carbocycles. The van der Waals surface area contributed by atoms with Crippen molar-refractivity contribution in [3.8, 4) is 11.5 Å². The molecular weight excluding hydrogens is 369 g/mol. The number of Topliss-reactive ketones (excluding diaryl/α,β-unsaturated/α-hetero) is 1. The van der Waals surface area contributed by atoms with Crippen LogP contribution in [-0.4, -0.2) is 17.9 Å². The fraction of sp³-hybridized carbons (Fsp3) is 0.200. The summed E-state index contributed by atoms with van der Waals surface area (Å²) in [5, 5.41) is 1.28.